The van der Waals surface area contributed by atoms with Crippen molar-refractivity contribution in [2.45, 2.75) is 62.9 Å². The molecular formula is C17H22BrNO. The van der Waals surface area contributed by atoms with E-state index in [-0.39, 0.29) is 0 Å². The highest BCUT2D eigenvalue weighted by Crippen LogP contribution is 2.38. The van der Waals surface area contributed by atoms with Crippen LogP contribution in [0.15, 0.2) is 18.2 Å². The molecule has 0 aliphatic carbocycles. The third-order valence-electron chi connectivity index (χ3n) is 4.81. The van der Waals surface area contributed by atoms with E-state index in [0.29, 0.717) is 29.2 Å². The maximum atomic E-state index is 12.7. The fourth-order valence-corrected chi connectivity index (χ4v) is 4.63. The van der Waals surface area contributed by atoms with Crippen LogP contribution < -0.4 is 0 Å². The molecule has 2 bridgehead atoms. The summed E-state index contributed by atoms with van der Waals surface area (Å²) in [4.78, 5) is 15.5. The van der Waals surface area contributed by atoms with E-state index in [4.69, 9.17) is 0 Å². The van der Waals surface area contributed by atoms with Gasteiger partial charge in [-0.2, -0.15) is 0 Å². The molecule has 1 aromatic rings. The van der Waals surface area contributed by atoms with Crippen LogP contribution in [-0.4, -0.2) is 27.7 Å². The van der Waals surface area contributed by atoms with E-state index in [1.54, 1.807) is 0 Å². The van der Waals surface area contributed by atoms with Crippen LogP contribution in [0.5, 0.6) is 0 Å². The highest BCUT2D eigenvalue weighted by atomic mass is 79.9. The van der Waals surface area contributed by atoms with Gasteiger partial charge in [-0.25, -0.2) is 0 Å². The lowest BCUT2D eigenvalue weighted by atomic mass is 9.99. The van der Waals surface area contributed by atoms with Gasteiger partial charge in [-0.05, 0) is 50.7 Å². The lowest BCUT2D eigenvalue weighted by Crippen LogP contribution is -2.47. The summed E-state index contributed by atoms with van der Waals surface area (Å²) in [6, 6.07) is 7.33. The Balaban J connectivity index is 1.75. The summed E-state index contributed by atoms with van der Waals surface area (Å²) in [6.45, 7) is 4.19. The molecule has 2 nitrogen and oxygen atoms in total. The van der Waals surface area contributed by atoms with Gasteiger partial charge < -0.3 is 4.90 Å². The van der Waals surface area contributed by atoms with Crippen molar-refractivity contribution in [1.82, 2.24) is 4.90 Å². The molecule has 108 valence electrons. The average molecular weight is 336 g/mol. The second-order valence-corrected chi connectivity index (χ2v) is 7.66. The van der Waals surface area contributed by atoms with Crippen LogP contribution in [0.25, 0.3) is 0 Å². The van der Waals surface area contributed by atoms with Gasteiger partial charge >= 0.3 is 0 Å². The number of halogens is 1. The number of alkyl halides is 1. The van der Waals surface area contributed by atoms with E-state index in [1.165, 1.54) is 29.5 Å². The molecule has 2 aliphatic rings. The Kier molecular flexibility index (Phi) is 3.89. The van der Waals surface area contributed by atoms with Gasteiger partial charge in [-0.1, -0.05) is 39.7 Å². The molecule has 2 aliphatic heterocycles. The average Bonchev–Trinajstić information content (AvgIpc) is 2.66. The Morgan fingerprint density at radius 3 is 2.55 bits per heavy atom. The maximum absolute atomic E-state index is 12.7. The first-order valence-electron chi connectivity index (χ1n) is 7.56. The maximum Gasteiger partial charge on any atom is 0.227 e. The number of amides is 1. The summed E-state index contributed by atoms with van der Waals surface area (Å²) in [5.74, 6) is 0.325. The number of hydrogen-bond acceptors (Lipinski definition) is 1. The Morgan fingerprint density at radius 1 is 1.25 bits per heavy atom. The zero-order valence-corrected chi connectivity index (χ0v) is 13.8. The molecule has 2 saturated heterocycles. The summed E-state index contributed by atoms with van der Waals surface area (Å²) in [5, 5.41) is 0. The highest BCUT2D eigenvalue weighted by molar-refractivity contribution is 9.09. The first-order valence-corrected chi connectivity index (χ1v) is 8.47. The van der Waals surface area contributed by atoms with Gasteiger partial charge in [-0.15, -0.1) is 0 Å². The van der Waals surface area contributed by atoms with Crippen LogP contribution in [0, 0.1) is 13.8 Å². The monoisotopic (exact) mass is 335 g/mol. The summed E-state index contributed by atoms with van der Waals surface area (Å²) in [6.07, 6.45) is 5.17. The SMILES string of the molecule is Cc1ccc(C)c(CC(=O)N2C3CCC2CC(Br)C3)c1. The molecule has 2 fully saturated rings. The minimum Gasteiger partial charge on any atom is -0.336 e. The van der Waals surface area contributed by atoms with Crippen molar-refractivity contribution in [3.05, 3.63) is 34.9 Å². The van der Waals surface area contributed by atoms with Crippen LogP contribution >= 0.6 is 15.9 Å². The first-order chi connectivity index (χ1) is 9.54. The topological polar surface area (TPSA) is 20.3 Å². The number of fused-ring (bicyclic) bond motifs is 2. The number of piperidine rings is 1. The largest absolute Gasteiger partial charge is 0.336 e. The fraction of sp³-hybridized carbons (Fsp3) is 0.588. The Labute approximate surface area is 129 Å². The number of rotatable bonds is 2. The second kappa shape index (κ2) is 5.51. The number of hydrogen-bond donors (Lipinski definition) is 0. The molecule has 20 heavy (non-hydrogen) atoms. The molecule has 3 rings (SSSR count). The minimum atomic E-state index is 0.325. The van der Waals surface area contributed by atoms with Crippen molar-refractivity contribution in [2.75, 3.05) is 0 Å². The standard InChI is InChI=1S/C17H22BrNO/c1-11-3-4-12(2)13(7-11)8-17(20)19-15-5-6-16(19)10-14(18)9-15/h3-4,7,14-16H,5-6,8-10H2,1-2H3. The molecule has 0 spiro atoms. The van der Waals surface area contributed by atoms with Gasteiger partial charge in [0.2, 0.25) is 5.91 Å². The Hall–Kier alpha value is -0.830. The summed E-state index contributed by atoms with van der Waals surface area (Å²) >= 11 is 3.74. The van der Waals surface area contributed by atoms with E-state index >= 15 is 0 Å². The predicted molar refractivity (Wildman–Crippen MR) is 85.2 cm³/mol. The molecule has 0 N–H and O–H groups in total. The van der Waals surface area contributed by atoms with E-state index in [1.807, 2.05) is 0 Å². The van der Waals surface area contributed by atoms with E-state index in [0.717, 1.165) is 12.8 Å². The lowest BCUT2D eigenvalue weighted by molar-refractivity contribution is -0.134. The molecule has 1 aromatic carbocycles. The van der Waals surface area contributed by atoms with Crippen molar-refractivity contribution < 1.29 is 4.79 Å². The first kappa shape index (κ1) is 14.1. The Morgan fingerprint density at radius 2 is 1.90 bits per heavy atom. The predicted octanol–water partition coefficient (Wildman–Crippen LogP) is 3.76. The lowest BCUT2D eigenvalue weighted by Gasteiger charge is -2.37. The Bertz CT molecular complexity index is 514. The van der Waals surface area contributed by atoms with Crippen molar-refractivity contribution in [3.8, 4) is 0 Å². The molecule has 1 amide bonds. The molecule has 2 heterocycles. The number of aryl methyl sites for hydroxylation is 2. The third kappa shape index (κ3) is 2.65. The van der Waals surface area contributed by atoms with Crippen molar-refractivity contribution in [1.29, 1.82) is 0 Å². The van der Waals surface area contributed by atoms with Gasteiger partial charge in [0.15, 0.2) is 0 Å². The van der Waals surface area contributed by atoms with Crippen molar-refractivity contribution in [3.63, 3.8) is 0 Å². The summed E-state index contributed by atoms with van der Waals surface area (Å²) in [5.41, 5.74) is 3.66. The van der Waals surface area contributed by atoms with E-state index < -0.39 is 0 Å². The van der Waals surface area contributed by atoms with E-state index in [2.05, 4.69) is 52.9 Å². The molecule has 0 radical (unpaired) electrons. The quantitative estimate of drug-likeness (QED) is 0.753. The fourth-order valence-electron chi connectivity index (χ4n) is 3.76. The second-order valence-electron chi connectivity index (χ2n) is 6.36. The number of carbonyl (C=O) groups excluding carboxylic acids is 1. The van der Waals surface area contributed by atoms with Gasteiger partial charge in [0.25, 0.3) is 0 Å². The van der Waals surface area contributed by atoms with E-state index in [9.17, 15) is 4.79 Å². The molecular weight excluding hydrogens is 314 g/mol. The van der Waals surface area contributed by atoms with Crippen LogP contribution in [-0.2, 0) is 11.2 Å². The third-order valence-corrected chi connectivity index (χ3v) is 5.56. The molecule has 3 heteroatoms. The minimum absolute atomic E-state index is 0.325. The highest BCUT2D eigenvalue weighted by Gasteiger charge is 2.42. The molecule has 0 saturated carbocycles. The number of nitrogens with zero attached hydrogens (tertiary/aromatic N) is 1. The van der Waals surface area contributed by atoms with Crippen molar-refractivity contribution in [2.24, 2.45) is 0 Å². The van der Waals surface area contributed by atoms with Gasteiger partial charge in [0.05, 0.1) is 6.42 Å². The number of carbonyl (C=O) groups is 1. The van der Waals surface area contributed by atoms with Crippen LogP contribution in [0.2, 0.25) is 0 Å². The summed E-state index contributed by atoms with van der Waals surface area (Å²) < 4.78 is 0. The zero-order chi connectivity index (χ0) is 14.3. The molecule has 2 unspecified atom stereocenters. The van der Waals surface area contributed by atoms with Gasteiger partial charge in [0, 0.05) is 16.9 Å². The van der Waals surface area contributed by atoms with Gasteiger partial charge in [0.1, 0.15) is 0 Å². The van der Waals surface area contributed by atoms with Crippen molar-refractivity contribution >= 4 is 21.8 Å². The zero-order valence-electron chi connectivity index (χ0n) is 12.2. The van der Waals surface area contributed by atoms with Crippen LogP contribution in [0.1, 0.15) is 42.4 Å². The smallest absolute Gasteiger partial charge is 0.227 e. The normalized spacial score (nSPS) is 28.8. The molecule has 2 atom stereocenters. The molecule has 0 aromatic heterocycles. The van der Waals surface area contributed by atoms with Crippen LogP contribution in [0.3, 0.4) is 0 Å². The number of benzene rings is 1. The van der Waals surface area contributed by atoms with Crippen LogP contribution in [0.4, 0.5) is 0 Å². The van der Waals surface area contributed by atoms with Gasteiger partial charge in [-0.3, -0.25) is 4.79 Å². The summed E-state index contributed by atoms with van der Waals surface area (Å²) in [7, 11) is 0.